The Morgan fingerprint density at radius 2 is 1.04 bits per heavy atom. The molecule has 0 heterocycles. The van der Waals surface area contributed by atoms with Gasteiger partial charge in [0.05, 0.1) is 6.61 Å². The fourth-order valence-corrected chi connectivity index (χ4v) is 5.15. The van der Waals surface area contributed by atoms with Crippen molar-refractivity contribution in [2.75, 3.05) is 13.2 Å². The fraction of sp³-hybridized carbons (Fsp3) is 0.730. The van der Waals surface area contributed by atoms with Crippen molar-refractivity contribution < 1.29 is 37.9 Å². The van der Waals surface area contributed by atoms with E-state index in [1.165, 1.54) is 77.0 Å². The maximum Gasteiger partial charge on any atom is 0.469 e. The number of allylic oxidation sites excluding steroid dienone is 8. The third kappa shape index (κ3) is 34.9. The molecule has 1 atom stereocenters. The summed E-state index contributed by atoms with van der Waals surface area (Å²) in [7, 11) is -4.76. The van der Waals surface area contributed by atoms with E-state index in [0.29, 0.717) is 6.42 Å². The van der Waals surface area contributed by atoms with Crippen molar-refractivity contribution in [3.05, 3.63) is 48.6 Å². The van der Waals surface area contributed by atoms with Gasteiger partial charge < -0.3 is 19.3 Å². The minimum Gasteiger partial charge on any atom is -0.462 e. The van der Waals surface area contributed by atoms with Gasteiger partial charge in [-0.1, -0.05) is 159 Å². The number of carbonyl (C=O) groups is 2. The number of hydrogen-bond acceptors (Lipinski definition) is 6. The number of phosphoric ester groups is 1. The summed E-state index contributed by atoms with van der Waals surface area (Å²) in [5.41, 5.74) is 0. The molecule has 2 N–H and O–H groups in total. The first kappa shape index (κ1) is 44.0. The summed E-state index contributed by atoms with van der Waals surface area (Å²) in [6.45, 7) is 3.49. The molecule has 0 aliphatic carbocycles. The van der Waals surface area contributed by atoms with E-state index < -0.39 is 32.5 Å². The number of phosphoric acid groups is 1. The summed E-state index contributed by atoms with van der Waals surface area (Å²) >= 11 is 0. The van der Waals surface area contributed by atoms with Crippen molar-refractivity contribution in [3.63, 3.8) is 0 Å². The lowest BCUT2D eigenvalue weighted by atomic mass is 10.0. The zero-order chi connectivity index (χ0) is 34.0. The van der Waals surface area contributed by atoms with Crippen LogP contribution < -0.4 is 0 Å². The third-order valence-corrected chi connectivity index (χ3v) is 7.94. The van der Waals surface area contributed by atoms with Crippen LogP contribution in [-0.2, 0) is 28.2 Å². The van der Waals surface area contributed by atoms with Gasteiger partial charge in [0.15, 0.2) is 6.10 Å². The second-order valence-electron chi connectivity index (χ2n) is 11.9. The minimum absolute atomic E-state index is 0.166. The monoisotopic (exact) mass is 668 g/mol. The molecule has 9 heteroatoms. The summed E-state index contributed by atoms with van der Waals surface area (Å²) in [6.07, 6.45) is 38.4. The van der Waals surface area contributed by atoms with E-state index in [9.17, 15) is 14.2 Å². The van der Waals surface area contributed by atoms with Gasteiger partial charge in [-0.2, -0.15) is 0 Å². The van der Waals surface area contributed by atoms with E-state index in [0.717, 1.165) is 44.9 Å². The molecule has 46 heavy (non-hydrogen) atoms. The Hall–Kier alpha value is -1.99. The van der Waals surface area contributed by atoms with Crippen LogP contribution in [0.3, 0.4) is 0 Å². The van der Waals surface area contributed by atoms with Gasteiger partial charge in [-0.25, -0.2) is 4.57 Å². The lowest BCUT2D eigenvalue weighted by Gasteiger charge is -2.18. The first-order chi connectivity index (χ1) is 22.3. The van der Waals surface area contributed by atoms with E-state index in [1.807, 2.05) is 36.5 Å². The number of hydrogen-bond donors (Lipinski definition) is 2. The molecule has 0 aliphatic rings. The van der Waals surface area contributed by atoms with E-state index in [2.05, 4.69) is 30.5 Å². The molecule has 0 radical (unpaired) electrons. The molecule has 0 spiro atoms. The number of carbonyl (C=O) groups excluding carboxylic acids is 2. The summed E-state index contributed by atoms with van der Waals surface area (Å²) in [4.78, 5) is 42.6. The Morgan fingerprint density at radius 3 is 1.57 bits per heavy atom. The fourth-order valence-electron chi connectivity index (χ4n) is 4.79. The Bertz CT molecular complexity index is 890. The van der Waals surface area contributed by atoms with Crippen molar-refractivity contribution >= 4 is 19.8 Å². The summed E-state index contributed by atoms with van der Waals surface area (Å²) in [6, 6.07) is 0. The minimum atomic E-state index is -4.76. The number of unbranched alkanes of at least 4 members (excludes halogenated alkanes) is 17. The highest BCUT2D eigenvalue weighted by atomic mass is 31.2. The molecule has 0 aromatic heterocycles. The van der Waals surface area contributed by atoms with E-state index in [-0.39, 0.29) is 19.4 Å². The van der Waals surface area contributed by atoms with Crippen molar-refractivity contribution in [2.24, 2.45) is 0 Å². The van der Waals surface area contributed by atoms with E-state index in [4.69, 9.17) is 19.3 Å². The predicted molar refractivity (Wildman–Crippen MR) is 188 cm³/mol. The summed E-state index contributed by atoms with van der Waals surface area (Å²) in [5.74, 6) is -0.931. The highest BCUT2D eigenvalue weighted by molar-refractivity contribution is 7.46. The largest absolute Gasteiger partial charge is 0.469 e. The van der Waals surface area contributed by atoms with Gasteiger partial charge in [-0.05, 0) is 32.1 Å². The van der Waals surface area contributed by atoms with Gasteiger partial charge in [0.2, 0.25) is 0 Å². The Labute approximate surface area is 280 Å². The molecular weight excluding hydrogens is 603 g/mol. The number of rotatable bonds is 32. The lowest BCUT2D eigenvalue weighted by molar-refractivity contribution is -0.161. The Morgan fingerprint density at radius 1 is 0.587 bits per heavy atom. The zero-order valence-corrected chi connectivity index (χ0v) is 29.9. The molecular formula is C37H65O8P. The van der Waals surface area contributed by atoms with Crippen LogP contribution in [0.1, 0.15) is 155 Å². The van der Waals surface area contributed by atoms with Crippen molar-refractivity contribution in [1.29, 1.82) is 0 Å². The van der Waals surface area contributed by atoms with Gasteiger partial charge in [-0.15, -0.1) is 0 Å². The quantitative estimate of drug-likeness (QED) is 0.0315. The molecule has 0 fully saturated rings. The molecule has 0 saturated carbocycles. The van der Waals surface area contributed by atoms with Gasteiger partial charge in [0, 0.05) is 12.8 Å². The SMILES string of the molecule is CC/C=C/C=C/C=C/C=C/CCCCCC(=O)OC(COC(=O)CCCCCCCCCCCCCCCCC)COP(=O)(O)O. The van der Waals surface area contributed by atoms with Crippen molar-refractivity contribution in [1.82, 2.24) is 0 Å². The molecule has 8 nitrogen and oxygen atoms in total. The first-order valence-corrected chi connectivity index (χ1v) is 19.5. The third-order valence-electron chi connectivity index (χ3n) is 7.46. The standard InChI is InChI=1S/C37H65O8P/c1-3-5-7-9-11-13-15-17-18-20-21-23-25-27-29-31-36(38)43-33-35(34-44-46(40,41)42)45-37(39)32-30-28-26-24-22-19-16-14-12-10-8-6-4-2/h6,8,10,12,14,16,19,22,35H,3-5,7,9,11,13,15,17-18,20-21,23-34H2,1-2H3,(H2,40,41,42)/b8-6+,12-10+,16-14+,22-19+. The van der Waals surface area contributed by atoms with Gasteiger partial charge in [0.1, 0.15) is 6.61 Å². The van der Waals surface area contributed by atoms with Crippen molar-refractivity contribution in [3.8, 4) is 0 Å². The molecule has 0 aromatic rings. The molecule has 1 unspecified atom stereocenters. The molecule has 0 bridgehead atoms. The molecule has 0 rings (SSSR count). The van der Waals surface area contributed by atoms with Crippen LogP contribution in [-0.4, -0.2) is 41.0 Å². The smallest absolute Gasteiger partial charge is 0.462 e. The van der Waals surface area contributed by atoms with Gasteiger partial charge in [-0.3, -0.25) is 14.1 Å². The molecule has 0 saturated heterocycles. The topological polar surface area (TPSA) is 119 Å². The average molecular weight is 669 g/mol. The number of esters is 2. The lowest BCUT2D eigenvalue weighted by Crippen LogP contribution is -2.29. The maximum atomic E-state index is 12.3. The molecule has 0 amide bonds. The van der Waals surface area contributed by atoms with Crippen molar-refractivity contribution in [2.45, 2.75) is 161 Å². The molecule has 0 aromatic carbocycles. The van der Waals surface area contributed by atoms with Crippen LogP contribution in [0, 0.1) is 0 Å². The van der Waals surface area contributed by atoms with Gasteiger partial charge >= 0.3 is 19.8 Å². The Balaban J connectivity index is 4.03. The van der Waals surface area contributed by atoms with Crippen LogP contribution in [0.4, 0.5) is 0 Å². The van der Waals surface area contributed by atoms with Crippen LogP contribution in [0.15, 0.2) is 48.6 Å². The first-order valence-electron chi connectivity index (χ1n) is 18.0. The van der Waals surface area contributed by atoms with Crippen LogP contribution in [0.5, 0.6) is 0 Å². The summed E-state index contributed by atoms with van der Waals surface area (Å²) < 4.78 is 26.2. The second-order valence-corrected chi connectivity index (χ2v) is 13.2. The zero-order valence-electron chi connectivity index (χ0n) is 29.0. The predicted octanol–water partition coefficient (Wildman–Crippen LogP) is 10.4. The highest BCUT2D eigenvalue weighted by Crippen LogP contribution is 2.36. The highest BCUT2D eigenvalue weighted by Gasteiger charge is 2.22. The average Bonchev–Trinajstić information content (AvgIpc) is 3.02. The second kappa shape index (κ2) is 32.9. The molecule has 0 aliphatic heterocycles. The maximum absolute atomic E-state index is 12.3. The van der Waals surface area contributed by atoms with Gasteiger partial charge in [0.25, 0.3) is 0 Å². The van der Waals surface area contributed by atoms with E-state index in [1.54, 1.807) is 0 Å². The van der Waals surface area contributed by atoms with E-state index >= 15 is 0 Å². The normalized spacial score (nSPS) is 13.0. The van der Waals surface area contributed by atoms with Crippen LogP contribution >= 0.6 is 7.82 Å². The summed E-state index contributed by atoms with van der Waals surface area (Å²) in [5, 5.41) is 0. The Kier molecular flexibility index (Phi) is 31.5. The number of ether oxygens (including phenoxy) is 2. The van der Waals surface area contributed by atoms with Crippen LogP contribution in [0.2, 0.25) is 0 Å². The van der Waals surface area contributed by atoms with Crippen LogP contribution in [0.25, 0.3) is 0 Å². The molecule has 266 valence electrons.